The summed E-state index contributed by atoms with van der Waals surface area (Å²) < 4.78 is 5.67. The Hall–Kier alpha value is -3.01. The summed E-state index contributed by atoms with van der Waals surface area (Å²) in [5.74, 6) is 2.86. The number of carbonyl (C=O) groups is 1. The minimum Gasteiger partial charge on any atom is -0.462 e. The number of para-hydroxylation sites is 1. The number of carbonyl (C=O) groups excluding carboxylic acids is 1. The van der Waals surface area contributed by atoms with Gasteiger partial charge in [0.25, 0.3) is 0 Å². The van der Waals surface area contributed by atoms with Crippen molar-refractivity contribution in [2.45, 2.75) is 45.8 Å². The van der Waals surface area contributed by atoms with Gasteiger partial charge in [0.05, 0.1) is 24.8 Å². The lowest BCUT2D eigenvalue weighted by molar-refractivity contribution is -0.126. The number of amides is 1. The van der Waals surface area contributed by atoms with Crippen molar-refractivity contribution in [3.63, 3.8) is 0 Å². The second kappa shape index (κ2) is 9.09. The molecule has 3 N–H and O–H groups in total. The first kappa shape index (κ1) is 21.8. The van der Waals surface area contributed by atoms with E-state index in [2.05, 4.69) is 20.4 Å². The molecule has 1 unspecified atom stereocenters. The van der Waals surface area contributed by atoms with E-state index in [0.29, 0.717) is 31.2 Å². The van der Waals surface area contributed by atoms with Crippen LogP contribution in [0.15, 0.2) is 40.8 Å². The fourth-order valence-corrected chi connectivity index (χ4v) is 4.58. The Morgan fingerprint density at radius 1 is 1.12 bits per heavy atom. The van der Waals surface area contributed by atoms with Gasteiger partial charge in [0.1, 0.15) is 35.8 Å². The van der Waals surface area contributed by atoms with Gasteiger partial charge in [0, 0.05) is 25.0 Å². The lowest BCUT2D eigenvalue weighted by atomic mass is 10.0. The monoisotopic (exact) mass is 450 g/mol. The molecule has 2 aliphatic heterocycles. The Morgan fingerprint density at radius 2 is 1.94 bits per heavy atom. The van der Waals surface area contributed by atoms with Gasteiger partial charge in [-0.3, -0.25) is 14.6 Å². The summed E-state index contributed by atoms with van der Waals surface area (Å²) in [6, 6.07) is 11.2. The molecule has 33 heavy (non-hydrogen) atoms. The van der Waals surface area contributed by atoms with Gasteiger partial charge in [-0.2, -0.15) is 0 Å². The summed E-state index contributed by atoms with van der Waals surface area (Å²) in [6.07, 6.45) is -0.168. The summed E-state index contributed by atoms with van der Waals surface area (Å²) in [5.41, 5.74) is 0.876. The Labute approximate surface area is 192 Å². The average Bonchev–Trinajstić information content (AvgIpc) is 3.26. The minimum absolute atomic E-state index is 0.0337. The fraction of sp³-hybridized carbons (Fsp3) is 0.458. The molecule has 1 amide bonds. The zero-order valence-electron chi connectivity index (χ0n) is 19.0. The second-order valence-electron chi connectivity index (χ2n) is 9.13. The number of rotatable bonds is 4. The van der Waals surface area contributed by atoms with Crippen LogP contribution in [0.1, 0.15) is 31.2 Å². The van der Waals surface area contributed by atoms with Crippen LogP contribution in [0.25, 0.3) is 10.9 Å². The molecule has 4 heterocycles. The molecule has 174 valence electrons. The van der Waals surface area contributed by atoms with E-state index in [1.165, 1.54) is 0 Å². The van der Waals surface area contributed by atoms with E-state index < -0.39 is 6.04 Å². The summed E-state index contributed by atoms with van der Waals surface area (Å²) in [4.78, 5) is 27.5. The average molecular weight is 451 g/mol. The number of furan rings is 1. The fourth-order valence-electron chi connectivity index (χ4n) is 4.58. The first-order chi connectivity index (χ1) is 16.0. The van der Waals surface area contributed by atoms with Crippen LogP contribution in [0.4, 0.5) is 5.82 Å². The minimum atomic E-state index is -0.413. The van der Waals surface area contributed by atoms with Crippen molar-refractivity contribution in [1.29, 1.82) is 0 Å². The molecule has 1 saturated heterocycles. The highest BCUT2D eigenvalue weighted by Crippen LogP contribution is 2.25. The van der Waals surface area contributed by atoms with Gasteiger partial charge in [-0.05, 0) is 30.2 Å². The molecule has 0 radical (unpaired) electrons. The molecular formula is C24H30N6O3. The molecular weight excluding hydrogens is 420 g/mol. The maximum atomic E-state index is 13.4. The van der Waals surface area contributed by atoms with Gasteiger partial charge in [0.15, 0.2) is 0 Å². The molecule has 2 bridgehead atoms. The van der Waals surface area contributed by atoms with Crippen LogP contribution >= 0.6 is 0 Å². The number of fused-ring (bicyclic) bond motifs is 5. The molecule has 5 rings (SSSR count). The van der Waals surface area contributed by atoms with Crippen LogP contribution in [0, 0.1) is 5.92 Å². The van der Waals surface area contributed by atoms with Gasteiger partial charge in [-0.1, -0.05) is 26.0 Å². The third-order valence-electron chi connectivity index (χ3n) is 6.37. The van der Waals surface area contributed by atoms with Gasteiger partial charge in [-0.15, -0.1) is 0 Å². The topological polar surface area (TPSA) is 107 Å². The Morgan fingerprint density at radius 3 is 2.73 bits per heavy atom. The quantitative estimate of drug-likeness (QED) is 0.554. The molecule has 0 saturated carbocycles. The highest BCUT2D eigenvalue weighted by atomic mass is 16.4. The molecule has 9 nitrogen and oxygen atoms in total. The van der Waals surface area contributed by atoms with Gasteiger partial charge < -0.3 is 20.2 Å². The Kier molecular flexibility index (Phi) is 6.01. The van der Waals surface area contributed by atoms with Gasteiger partial charge in [-0.25, -0.2) is 9.97 Å². The molecule has 0 spiro atoms. The standard InChI is InChI=1S/C24H30N6O3/c1-15(2)22-24(32)27-21-13-29(11-16-7-8-17(14-31)33-16)9-10-30(21)12-20-25-19-6-4-3-5-18(19)23(26-20)28-22/h3-8,15,21-22,31H,9-14H2,1-2H3,(H,27,32)(H,25,26,28)/t21?,22-/m0/s1. The smallest absolute Gasteiger partial charge is 0.244 e. The van der Waals surface area contributed by atoms with E-state index in [0.717, 1.165) is 35.6 Å². The molecule has 0 aliphatic carbocycles. The second-order valence-corrected chi connectivity index (χ2v) is 9.13. The molecule has 2 aliphatic rings. The van der Waals surface area contributed by atoms with E-state index in [1.807, 2.05) is 44.2 Å². The predicted molar refractivity (Wildman–Crippen MR) is 124 cm³/mol. The number of benzene rings is 1. The molecule has 1 fully saturated rings. The zero-order valence-corrected chi connectivity index (χ0v) is 19.0. The number of aliphatic hydroxyl groups is 1. The van der Waals surface area contributed by atoms with Crippen molar-refractivity contribution in [2.24, 2.45) is 5.92 Å². The molecule has 2 aromatic heterocycles. The van der Waals surface area contributed by atoms with Crippen LogP contribution in [0.3, 0.4) is 0 Å². The Balaban J connectivity index is 1.44. The largest absolute Gasteiger partial charge is 0.462 e. The predicted octanol–water partition coefficient (Wildman–Crippen LogP) is 1.93. The van der Waals surface area contributed by atoms with Crippen molar-refractivity contribution < 1.29 is 14.3 Å². The third kappa shape index (κ3) is 4.57. The van der Waals surface area contributed by atoms with E-state index in [-0.39, 0.29) is 24.6 Å². The summed E-state index contributed by atoms with van der Waals surface area (Å²) >= 11 is 0. The summed E-state index contributed by atoms with van der Waals surface area (Å²) in [7, 11) is 0. The zero-order chi connectivity index (χ0) is 22.9. The summed E-state index contributed by atoms with van der Waals surface area (Å²) in [5, 5.41) is 16.9. The van der Waals surface area contributed by atoms with Crippen LogP contribution in [-0.2, 0) is 24.5 Å². The van der Waals surface area contributed by atoms with Crippen LogP contribution < -0.4 is 10.6 Å². The maximum absolute atomic E-state index is 13.4. The van der Waals surface area contributed by atoms with Crippen LogP contribution in [0.5, 0.6) is 0 Å². The van der Waals surface area contributed by atoms with Crippen molar-refractivity contribution in [3.05, 3.63) is 53.7 Å². The van der Waals surface area contributed by atoms with E-state index in [1.54, 1.807) is 6.07 Å². The van der Waals surface area contributed by atoms with Crippen LogP contribution in [-0.4, -0.2) is 62.6 Å². The van der Waals surface area contributed by atoms with Crippen molar-refractivity contribution in [1.82, 2.24) is 25.1 Å². The van der Waals surface area contributed by atoms with Gasteiger partial charge in [0.2, 0.25) is 5.91 Å². The normalized spacial score (nSPS) is 22.1. The highest BCUT2D eigenvalue weighted by molar-refractivity contribution is 5.92. The van der Waals surface area contributed by atoms with Crippen molar-refractivity contribution in [2.75, 3.05) is 25.0 Å². The lowest BCUT2D eigenvalue weighted by Crippen LogP contribution is -2.62. The van der Waals surface area contributed by atoms with E-state index in [9.17, 15) is 9.90 Å². The molecule has 2 atom stereocenters. The first-order valence-electron chi connectivity index (χ1n) is 11.5. The SMILES string of the molecule is CC(C)[C@@H]1Nc2nc(nc3ccccc23)CN2CCN(Cc3ccc(CO)o3)CC2NC1=O. The molecule has 1 aromatic carbocycles. The number of aromatic nitrogens is 2. The Bertz CT molecular complexity index is 1150. The number of hydrogen-bond acceptors (Lipinski definition) is 8. The number of anilines is 1. The number of nitrogens with zero attached hydrogens (tertiary/aromatic N) is 4. The van der Waals surface area contributed by atoms with E-state index in [4.69, 9.17) is 14.4 Å². The number of piperazine rings is 1. The van der Waals surface area contributed by atoms with Crippen molar-refractivity contribution >= 4 is 22.6 Å². The first-order valence-corrected chi connectivity index (χ1v) is 11.5. The third-order valence-corrected chi connectivity index (χ3v) is 6.37. The van der Waals surface area contributed by atoms with Crippen molar-refractivity contribution in [3.8, 4) is 0 Å². The molecule has 9 heteroatoms. The van der Waals surface area contributed by atoms with Gasteiger partial charge >= 0.3 is 0 Å². The lowest BCUT2D eigenvalue weighted by Gasteiger charge is -2.42. The number of nitrogens with one attached hydrogen (secondary N) is 2. The highest BCUT2D eigenvalue weighted by Gasteiger charge is 2.33. The number of hydrogen-bond donors (Lipinski definition) is 3. The molecule has 3 aromatic rings. The summed E-state index contributed by atoms with van der Waals surface area (Å²) in [6.45, 7) is 7.40. The van der Waals surface area contributed by atoms with E-state index >= 15 is 0 Å². The maximum Gasteiger partial charge on any atom is 0.244 e. The van der Waals surface area contributed by atoms with Crippen LogP contribution in [0.2, 0.25) is 0 Å². The number of aliphatic hydroxyl groups excluding tert-OH is 1.